The van der Waals surface area contributed by atoms with Gasteiger partial charge in [0.1, 0.15) is 0 Å². The predicted molar refractivity (Wildman–Crippen MR) is 217 cm³/mol. The fraction of sp³-hybridized carbons (Fsp3) is 0.102. The highest BCUT2D eigenvalue weighted by Gasteiger charge is 2.33. The molecule has 0 bridgehead atoms. The lowest BCUT2D eigenvalue weighted by atomic mass is 9.77. The van der Waals surface area contributed by atoms with Crippen molar-refractivity contribution in [3.8, 4) is 16.8 Å². The molecule has 0 spiro atoms. The second kappa shape index (κ2) is 11.7. The number of benzene rings is 6. The number of rotatable bonds is 4. The van der Waals surface area contributed by atoms with E-state index < -0.39 is 0 Å². The standard InChI is InChI=1S/C49H38N2/c1-32-33(2)49(31-42(34-15-5-3-6-16-34)39-20-10-9-19-38(32)39)51-46-24-14-12-22-41(46)44-30-36(26-28-48(44)51)35-25-27-47-43(29-35)40-21-11-13-23-45(40)50(47)37-17-7-4-8-18-37/h3-33,38H,1-2H3. The Morgan fingerprint density at radius 2 is 1.02 bits per heavy atom. The molecular weight excluding hydrogens is 617 g/mol. The monoisotopic (exact) mass is 654 g/mol. The second-order valence-corrected chi connectivity index (χ2v) is 14.2. The Morgan fingerprint density at radius 3 is 1.69 bits per heavy atom. The Labute approximate surface area is 298 Å². The van der Waals surface area contributed by atoms with Crippen LogP contribution in [0.5, 0.6) is 0 Å². The van der Waals surface area contributed by atoms with Crippen LogP contribution in [0.25, 0.3) is 71.7 Å². The summed E-state index contributed by atoms with van der Waals surface area (Å²) in [4.78, 5) is 0. The molecule has 2 heteroatoms. The largest absolute Gasteiger partial charge is 0.313 e. The highest BCUT2D eigenvalue weighted by molar-refractivity contribution is 6.13. The quantitative estimate of drug-likeness (QED) is 0.179. The molecule has 0 saturated carbocycles. The third-order valence-electron chi connectivity index (χ3n) is 11.5. The number of allylic oxidation sites excluding steroid dienone is 8. The first-order valence-corrected chi connectivity index (χ1v) is 18.1. The van der Waals surface area contributed by atoms with Gasteiger partial charge in [-0.05, 0) is 88.4 Å². The lowest BCUT2D eigenvalue weighted by molar-refractivity contribution is 0.396. The van der Waals surface area contributed by atoms with Crippen molar-refractivity contribution in [3.05, 3.63) is 187 Å². The molecule has 2 aliphatic rings. The number of para-hydroxylation sites is 3. The fourth-order valence-electron chi connectivity index (χ4n) is 8.80. The molecule has 0 saturated heterocycles. The average molecular weight is 655 g/mol. The smallest absolute Gasteiger partial charge is 0.0541 e. The van der Waals surface area contributed by atoms with Crippen LogP contribution in [0.2, 0.25) is 0 Å². The molecule has 2 heterocycles. The predicted octanol–water partition coefficient (Wildman–Crippen LogP) is 12.9. The zero-order valence-corrected chi connectivity index (χ0v) is 28.9. The van der Waals surface area contributed by atoms with E-state index in [0.717, 1.165) is 0 Å². The topological polar surface area (TPSA) is 9.86 Å². The van der Waals surface area contributed by atoms with Crippen LogP contribution < -0.4 is 0 Å². The van der Waals surface area contributed by atoms with Crippen LogP contribution in [0.3, 0.4) is 0 Å². The van der Waals surface area contributed by atoms with Gasteiger partial charge in [-0.25, -0.2) is 0 Å². The van der Waals surface area contributed by atoms with Gasteiger partial charge in [0.2, 0.25) is 0 Å². The zero-order valence-electron chi connectivity index (χ0n) is 28.9. The first kappa shape index (κ1) is 29.8. The summed E-state index contributed by atoms with van der Waals surface area (Å²) in [6.07, 6.45) is 11.7. The van der Waals surface area contributed by atoms with E-state index in [9.17, 15) is 0 Å². The van der Waals surface area contributed by atoms with E-state index in [1.807, 2.05) is 0 Å². The van der Waals surface area contributed by atoms with Crippen LogP contribution in [0.15, 0.2) is 182 Å². The third kappa shape index (κ3) is 4.63. The molecule has 0 N–H and O–H groups in total. The minimum absolute atomic E-state index is 0.324. The van der Waals surface area contributed by atoms with Crippen LogP contribution >= 0.6 is 0 Å². The first-order valence-electron chi connectivity index (χ1n) is 18.1. The molecular formula is C49H38N2. The van der Waals surface area contributed by atoms with Crippen LogP contribution in [-0.4, -0.2) is 9.13 Å². The van der Waals surface area contributed by atoms with Gasteiger partial charge >= 0.3 is 0 Å². The SMILES string of the molecule is CC1C(n2c3ccccc3c3cc(-c4ccc5c(c4)c4ccccc4n5-c4ccccc4)ccc32)=CC(c2ccccc2)=C2C=CC=CC2C1C. The summed E-state index contributed by atoms with van der Waals surface area (Å²) in [6.45, 7) is 4.85. The van der Waals surface area contributed by atoms with Crippen LogP contribution in [0, 0.1) is 17.8 Å². The van der Waals surface area contributed by atoms with Crippen LogP contribution in [0.1, 0.15) is 19.4 Å². The van der Waals surface area contributed by atoms with Crippen molar-refractivity contribution >= 4 is 54.9 Å². The minimum atomic E-state index is 0.324. The van der Waals surface area contributed by atoms with Gasteiger partial charge in [0.25, 0.3) is 0 Å². The number of hydrogen-bond acceptors (Lipinski definition) is 0. The molecule has 3 unspecified atom stereocenters. The molecule has 0 amide bonds. The summed E-state index contributed by atoms with van der Waals surface area (Å²) < 4.78 is 4.94. The Bertz CT molecular complexity index is 2770. The van der Waals surface area contributed by atoms with E-state index in [1.165, 1.54) is 82.8 Å². The summed E-state index contributed by atoms with van der Waals surface area (Å²) in [5.41, 5.74) is 13.9. The van der Waals surface area contributed by atoms with Gasteiger partial charge in [-0.2, -0.15) is 0 Å². The van der Waals surface area contributed by atoms with Gasteiger partial charge in [0, 0.05) is 44.8 Å². The van der Waals surface area contributed by atoms with E-state index >= 15 is 0 Å². The van der Waals surface area contributed by atoms with E-state index in [4.69, 9.17) is 0 Å². The Morgan fingerprint density at radius 1 is 0.471 bits per heavy atom. The summed E-state index contributed by atoms with van der Waals surface area (Å²) in [5.74, 6) is 1.11. The van der Waals surface area contributed by atoms with Gasteiger partial charge in [0.05, 0.1) is 22.1 Å². The van der Waals surface area contributed by atoms with E-state index in [1.54, 1.807) is 0 Å². The Balaban J connectivity index is 1.17. The molecule has 244 valence electrons. The zero-order chi connectivity index (χ0) is 34.1. The van der Waals surface area contributed by atoms with Crippen molar-refractivity contribution in [3.63, 3.8) is 0 Å². The van der Waals surface area contributed by atoms with Crippen molar-refractivity contribution in [2.75, 3.05) is 0 Å². The maximum Gasteiger partial charge on any atom is 0.0541 e. The molecule has 0 radical (unpaired) electrons. The summed E-state index contributed by atoms with van der Waals surface area (Å²) in [7, 11) is 0. The van der Waals surface area contributed by atoms with E-state index in [-0.39, 0.29) is 0 Å². The highest BCUT2D eigenvalue weighted by Crippen LogP contribution is 2.46. The first-order chi connectivity index (χ1) is 25.2. The van der Waals surface area contributed by atoms with Crippen LogP contribution in [0.4, 0.5) is 0 Å². The normalized spacial score (nSPS) is 18.9. The molecule has 8 aromatic rings. The van der Waals surface area contributed by atoms with Crippen molar-refractivity contribution in [2.24, 2.45) is 17.8 Å². The number of hydrogen-bond donors (Lipinski definition) is 0. The molecule has 51 heavy (non-hydrogen) atoms. The molecule has 2 aromatic heterocycles. The van der Waals surface area contributed by atoms with Gasteiger partial charge in [-0.15, -0.1) is 0 Å². The maximum absolute atomic E-state index is 2.56. The van der Waals surface area contributed by atoms with Gasteiger partial charge in [0.15, 0.2) is 0 Å². The highest BCUT2D eigenvalue weighted by atomic mass is 15.0. The Kier molecular flexibility index (Phi) is 6.86. The molecule has 6 aromatic carbocycles. The lowest BCUT2D eigenvalue weighted by Crippen LogP contribution is -2.21. The lowest BCUT2D eigenvalue weighted by Gasteiger charge is -2.29. The van der Waals surface area contributed by atoms with Crippen LogP contribution in [-0.2, 0) is 0 Å². The second-order valence-electron chi connectivity index (χ2n) is 14.2. The van der Waals surface area contributed by atoms with E-state index in [2.05, 4.69) is 199 Å². The molecule has 3 atom stereocenters. The maximum atomic E-state index is 2.56. The summed E-state index contributed by atoms with van der Waals surface area (Å²) in [6, 6.07) is 53.4. The molecule has 2 nitrogen and oxygen atoms in total. The number of nitrogens with zero attached hydrogens (tertiary/aromatic N) is 2. The summed E-state index contributed by atoms with van der Waals surface area (Å²) >= 11 is 0. The Hall–Kier alpha value is -6.12. The molecule has 0 fully saturated rings. The fourth-order valence-corrected chi connectivity index (χ4v) is 8.80. The average Bonchev–Trinajstić information content (AvgIpc) is 3.67. The van der Waals surface area contributed by atoms with Gasteiger partial charge in [-0.1, -0.05) is 135 Å². The minimum Gasteiger partial charge on any atom is -0.313 e. The number of aromatic nitrogens is 2. The van der Waals surface area contributed by atoms with Crippen molar-refractivity contribution in [1.82, 2.24) is 9.13 Å². The van der Waals surface area contributed by atoms with Crippen molar-refractivity contribution in [2.45, 2.75) is 13.8 Å². The van der Waals surface area contributed by atoms with Crippen molar-refractivity contribution in [1.29, 1.82) is 0 Å². The van der Waals surface area contributed by atoms with E-state index in [0.29, 0.717) is 17.8 Å². The molecule has 2 aliphatic carbocycles. The van der Waals surface area contributed by atoms with Gasteiger partial charge in [-0.3, -0.25) is 0 Å². The summed E-state index contributed by atoms with van der Waals surface area (Å²) in [5, 5.41) is 5.11. The third-order valence-corrected chi connectivity index (χ3v) is 11.5. The van der Waals surface area contributed by atoms with Gasteiger partial charge < -0.3 is 9.13 Å². The number of fused-ring (bicyclic) bond motifs is 7. The molecule has 10 rings (SSSR count). The van der Waals surface area contributed by atoms with Crippen molar-refractivity contribution < 1.29 is 0 Å². The molecule has 0 aliphatic heterocycles.